The van der Waals surface area contributed by atoms with Crippen molar-refractivity contribution in [1.29, 1.82) is 5.26 Å². The third-order valence-electron chi connectivity index (χ3n) is 2.19. The van der Waals surface area contributed by atoms with Crippen molar-refractivity contribution >= 4 is 27.9 Å². The fourth-order valence-corrected chi connectivity index (χ4v) is 2.94. The van der Waals surface area contributed by atoms with Crippen LogP contribution < -0.4 is 5.32 Å². The summed E-state index contributed by atoms with van der Waals surface area (Å²) in [6, 6.07) is 6.38. The number of rotatable bonds is 3. The molecule has 5 heteroatoms. The SMILES string of the molecule is Cc1ccc(CNc2snc(C)c2C#N)s1. The summed E-state index contributed by atoms with van der Waals surface area (Å²) in [5.74, 6) is 0. The molecule has 0 fully saturated rings. The first-order valence-electron chi connectivity index (χ1n) is 4.86. The predicted octanol–water partition coefficient (Wildman–Crippen LogP) is 3.31. The molecule has 0 aromatic carbocycles. The monoisotopic (exact) mass is 249 g/mol. The maximum atomic E-state index is 8.97. The lowest BCUT2D eigenvalue weighted by Crippen LogP contribution is -1.96. The smallest absolute Gasteiger partial charge is 0.128 e. The molecule has 0 aliphatic rings. The second-order valence-electron chi connectivity index (χ2n) is 3.45. The van der Waals surface area contributed by atoms with Crippen molar-refractivity contribution in [3.8, 4) is 6.07 Å². The Kier molecular flexibility index (Phi) is 3.22. The highest BCUT2D eigenvalue weighted by Crippen LogP contribution is 2.25. The molecule has 16 heavy (non-hydrogen) atoms. The number of anilines is 1. The average Bonchev–Trinajstić information content (AvgIpc) is 2.82. The Morgan fingerprint density at radius 2 is 2.25 bits per heavy atom. The van der Waals surface area contributed by atoms with E-state index in [9.17, 15) is 0 Å². The molecule has 0 bridgehead atoms. The predicted molar refractivity (Wildman–Crippen MR) is 67.9 cm³/mol. The van der Waals surface area contributed by atoms with Gasteiger partial charge in [0.2, 0.25) is 0 Å². The molecule has 0 unspecified atom stereocenters. The Bertz CT molecular complexity index is 534. The lowest BCUT2D eigenvalue weighted by atomic mass is 10.3. The van der Waals surface area contributed by atoms with Crippen molar-refractivity contribution in [1.82, 2.24) is 4.37 Å². The van der Waals surface area contributed by atoms with E-state index in [2.05, 4.69) is 34.8 Å². The Labute approximate surface area is 103 Å². The van der Waals surface area contributed by atoms with Gasteiger partial charge in [-0.15, -0.1) is 11.3 Å². The molecule has 2 aromatic rings. The number of nitrogens with one attached hydrogen (secondary N) is 1. The highest BCUT2D eigenvalue weighted by atomic mass is 32.1. The van der Waals surface area contributed by atoms with Crippen LogP contribution in [-0.2, 0) is 6.54 Å². The van der Waals surface area contributed by atoms with Gasteiger partial charge >= 0.3 is 0 Å². The fourth-order valence-electron chi connectivity index (χ4n) is 1.37. The summed E-state index contributed by atoms with van der Waals surface area (Å²) < 4.78 is 4.16. The van der Waals surface area contributed by atoms with Crippen molar-refractivity contribution < 1.29 is 0 Å². The summed E-state index contributed by atoms with van der Waals surface area (Å²) in [7, 11) is 0. The van der Waals surface area contributed by atoms with E-state index >= 15 is 0 Å². The van der Waals surface area contributed by atoms with Gasteiger partial charge in [-0.2, -0.15) is 9.64 Å². The largest absolute Gasteiger partial charge is 0.370 e. The van der Waals surface area contributed by atoms with Gasteiger partial charge in [0, 0.05) is 9.75 Å². The number of nitrogens with zero attached hydrogens (tertiary/aromatic N) is 2. The molecule has 0 radical (unpaired) electrons. The van der Waals surface area contributed by atoms with Gasteiger partial charge in [-0.25, -0.2) is 0 Å². The van der Waals surface area contributed by atoms with Crippen LogP contribution in [0.3, 0.4) is 0 Å². The summed E-state index contributed by atoms with van der Waals surface area (Å²) in [6.45, 7) is 4.70. The van der Waals surface area contributed by atoms with Crippen LogP contribution in [0, 0.1) is 25.2 Å². The summed E-state index contributed by atoms with van der Waals surface area (Å²) in [6.07, 6.45) is 0. The van der Waals surface area contributed by atoms with Crippen LogP contribution in [0.25, 0.3) is 0 Å². The standard InChI is InChI=1S/C11H11N3S2/c1-7-3-4-9(15-7)6-13-11-10(5-12)8(2)14-16-11/h3-4,13H,6H2,1-2H3. The van der Waals surface area contributed by atoms with Crippen LogP contribution in [0.5, 0.6) is 0 Å². The van der Waals surface area contributed by atoms with Crippen molar-refractivity contribution in [2.75, 3.05) is 5.32 Å². The lowest BCUT2D eigenvalue weighted by molar-refractivity contribution is 1.20. The third-order valence-corrected chi connectivity index (χ3v) is 4.09. The lowest BCUT2D eigenvalue weighted by Gasteiger charge is -2.00. The van der Waals surface area contributed by atoms with Crippen LogP contribution in [-0.4, -0.2) is 4.37 Å². The number of aromatic nitrogens is 1. The Balaban J connectivity index is 2.08. The molecule has 0 spiro atoms. The molecule has 0 saturated heterocycles. The van der Waals surface area contributed by atoms with Crippen LogP contribution in [0.4, 0.5) is 5.00 Å². The maximum absolute atomic E-state index is 8.97. The van der Waals surface area contributed by atoms with Crippen LogP contribution in [0.1, 0.15) is 21.0 Å². The molecule has 2 heterocycles. The highest BCUT2D eigenvalue weighted by Gasteiger charge is 2.09. The van der Waals surface area contributed by atoms with E-state index in [1.54, 1.807) is 11.3 Å². The first-order valence-corrected chi connectivity index (χ1v) is 6.45. The van der Waals surface area contributed by atoms with Crippen LogP contribution in [0.15, 0.2) is 12.1 Å². The van der Waals surface area contributed by atoms with Gasteiger partial charge < -0.3 is 5.32 Å². The van der Waals surface area contributed by atoms with Crippen molar-refractivity contribution in [2.24, 2.45) is 0 Å². The quantitative estimate of drug-likeness (QED) is 0.908. The average molecular weight is 249 g/mol. The van der Waals surface area contributed by atoms with Gasteiger partial charge in [0.1, 0.15) is 16.6 Å². The molecular formula is C11H11N3S2. The maximum Gasteiger partial charge on any atom is 0.128 e. The van der Waals surface area contributed by atoms with E-state index in [1.165, 1.54) is 21.3 Å². The third kappa shape index (κ3) is 2.23. The zero-order chi connectivity index (χ0) is 11.5. The molecule has 0 aliphatic heterocycles. The van der Waals surface area contributed by atoms with Crippen LogP contribution in [0.2, 0.25) is 0 Å². The Morgan fingerprint density at radius 1 is 1.44 bits per heavy atom. The Hall–Kier alpha value is -1.38. The van der Waals surface area contributed by atoms with Crippen molar-refractivity contribution in [2.45, 2.75) is 20.4 Å². The number of hydrogen-bond donors (Lipinski definition) is 1. The van der Waals surface area contributed by atoms with E-state index in [-0.39, 0.29) is 0 Å². The molecule has 2 rings (SSSR count). The summed E-state index contributed by atoms with van der Waals surface area (Å²) in [5.41, 5.74) is 1.47. The second-order valence-corrected chi connectivity index (χ2v) is 5.60. The molecule has 0 amide bonds. The molecular weight excluding hydrogens is 238 g/mol. The molecule has 3 nitrogen and oxygen atoms in total. The van der Waals surface area contributed by atoms with Gasteiger partial charge in [-0.1, -0.05) is 0 Å². The van der Waals surface area contributed by atoms with E-state index in [1.807, 2.05) is 6.92 Å². The highest BCUT2D eigenvalue weighted by molar-refractivity contribution is 7.12. The van der Waals surface area contributed by atoms with E-state index in [4.69, 9.17) is 5.26 Å². The zero-order valence-electron chi connectivity index (χ0n) is 9.07. The van der Waals surface area contributed by atoms with Gasteiger partial charge in [0.25, 0.3) is 0 Å². The minimum atomic E-state index is 0.665. The van der Waals surface area contributed by atoms with E-state index < -0.39 is 0 Å². The number of thiophene rings is 1. The van der Waals surface area contributed by atoms with E-state index in [0.29, 0.717) is 5.56 Å². The molecule has 0 atom stereocenters. The first kappa shape index (κ1) is 11.1. The van der Waals surface area contributed by atoms with Crippen molar-refractivity contribution in [3.63, 3.8) is 0 Å². The number of hydrogen-bond acceptors (Lipinski definition) is 5. The molecule has 82 valence electrons. The summed E-state index contributed by atoms with van der Waals surface area (Å²) in [5, 5.41) is 13.1. The van der Waals surface area contributed by atoms with Gasteiger partial charge in [-0.3, -0.25) is 0 Å². The minimum absolute atomic E-state index is 0.665. The van der Waals surface area contributed by atoms with Gasteiger partial charge in [0.05, 0.1) is 12.2 Å². The molecule has 0 aliphatic carbocycles. The first-order chi connectivity index (χ1) is 7.70. The van der Waals surface area contributed by atoms with Gasteiger partial charge in [-0.05, 0) is 37.5 Å². The second kappa shape index (κ2) is 4.64. The summed E-state index contributed by atoms with van der Waals surface area (Å²) in [4.78, 5) is 2.57. The minimum Gasteiger partial charge on any atom is -0.370 e. The Morgan fingerprint density at radius 3 is 2.88 bits per heavy atom. The number of nitriles is 1. The normalized spacial score (nSPS) is 10.1. The molecule has 1 N–H and O–H groups in total. The number of aryl methyl sites for hydroxylation is 2. The van der Waals surface area contributed by atoms with Crippen LogP contribution >= 0.6 is 22.9 Å². The fraction of sp³-hybridized carbons (Fsp3) is 0.273. The summed E-state index contributed by atoms with van der Waals surface area (Å²) >= 11 is 3.11. The topological polar surface area (TPSA) is 48.7 Å². The van der Waals surface area contributed by atoms with Gasteiger partial charge in [0.15, 0.2) is 0 Å². The molecule has 0 saturated carbocycles. The van der Waals surface area contributed by atoms with E-state index in [0.717, 1.165) is 17.2 Å². The zero-order valence-corrected chi connectivity index (χ0v) is 10.7. The van der Waals surface area contributed by atoms with Crippen molar-refractivity contribution in [3.05, 3.63) is 33.1 Å². The molecule has 2 aromatic heterocycles.